The lowest BCUT2D eigenvalue weighted by molar-refractivity contribution is -0.383. The molecule has 0 fully saturated rings. The number of nitrogens with zero attached hydrogens (tertiary/aromatic N) is 1. The van der Waals surface area contributed by atoms with Crippen molar-refractivity contribution < 1.29 is 30.9 Å². The van der Waals surface area contributed by atoms with E-state index >= 15 is 0 Å². The number of anilines is 1. The average Bonchev–Trinajstić information content (AvgIpc) is 2.34. The molecule has 0 saturated carbocycles. The first-order valence-corrected chi connectivity index (χ1v) is 8.26. The van der Waals surface area contributed by atoms with Gasteiger partial charge in [0.1, 0.15) is 4.90 Å². The molecule has 0 spiro atoms. The molecule has 2 aromatic rings. The second-order valence-corrected chi connectivity index (χ2v) is 7.10. The van der Waals surface area contributed by atoms with Crippen LogP contribution in [-0.2, 0) is 20.2 Å². The van der Waals surface area contributed by atoms with E-state index in [4.69, 9.17) is 14.8 Å². The van der Waals surface area contributed by atoms with Crippen LogP contribution in [0.5, 0.6) is 0 Å². The minimum atomic E-state index is -4.77. The first-order valence-electron chi connectivity index (χ1n) is 5.38. The molecule has 0 unspecified atom stereocenters. The summed E-state index contributed by atoms with van der Waals surface area (Å²) in [6, 6.07) is 3.02. The van der Waals surface area contributed by atoms with Crippen molar-refractivity contribution in [3.8, 4) is 0 Å². The number of hydrogen-bond donors (Lipinski definition) is 3. The molecule has 2 aromatic carbocycles. The molecule has 10 nitrogen and oxygen atoms in total. The molecule has 0 saturated heterocycles. The lowest BCUT2D eigenvalue weighted by Gasteiger charge is -2.07. The number of rotatable bonds is 3. The van der Waals surface area contributed by atoms with E-state index in [-0.39, 0.29) is 16.5 Å². The maximum Gasteiger partial charge on any atom is 0.294 e. The van der Waals surface area contributed by atoms with Gasteiger partial charge in [-0.15, -0.1) is 0 Å². The van der Waals surface area contributed by atoms with Crippen molar-refractivity contribution in [3.05, 3.63) is 34.4 Å². The van der Waals surface area contributed by atoms with E-state index in [1.54, 1.807) is 0 Å². The highest BCUT2D eigenvalue weighted by Gasteiger charge is 2.23. The summed E-state index contributed by atoms with van der Waals surface area (Å²) in [6.45, 7) is 0. The number of non-ortho nitro benzene ring substituents is 1. The fraction of sp³-hybridized carbons (Fsp3) is 0. The zero-order chi connectivity index (χ0) is 16.9. The van der Waals surface area contributed by atoms with Crippen LogP contribution in [0, 0.1) is 10.1 Å². The molecule has 4 N–H and O–H groups in total. The van der Waals surface area contributed by atoms with Crippen molar-refractivity contribution in [2.24, 2.45) is 0 Å². The third kappa shape index (κ3) is 2.85. The van der Waals surface area contributed by atoms with Gasteiger partial charge in [0.05, 0.1) is 15.2 Å². The Hall–Kier alpha value is -2.28. The van der Waals surface area contributed by atoms with Gasteiger partial charge in [-0.25, -0.2) is 0 Å². The largest absolute Gasteiger partial charge is 0.398 e. The highest BCUT2D eigenvalue weighted by atomic mass is 32.2. The van der Waals surface area contributed by atoms with Crippen LogP contribution in [0.4, 0.5) is 11.4 Å². The molecule has 0 radical (unpaired) electrons. The molecular formula is C10H8N2O8S2. The van der Waals surface area contributed by atoms with E-state index < -0.39 is 40.6 Å². The summed E-state index contributed by atoms with van der Waals surface area (Å²) >= 11 is 0. The minimum absolute atomic E-state index is 0.218. The van der Waals surface area contributed by atoms with Crippen LogP contribution >= 0.6 is 0 Å². The molecule has 2 rings (SSSR count). The van der Waals surface area contributed by atoms with Crippen LogP contribution in [0.1, 0.15) is 0 Å². The summed E-state index contributed by atoms with van der Waals surface area (Å²) in [5.41, 5.74) is 4.48. The Kier molecular flexibility index (Phi) is 3.57. The number of nitro benzene ring substituents is 1. The summed E-state index contributed by atoms with van der Waals surface area (Å²) < 4.78 is 62.6. The van der Waals surface area contributed by atoms with Crippen LogP contribution < -0.4 is 5.73 Å². The second kappa shape index (κ2) is 4.88. The lowest BCUT2D eigenvalue weighted by Crippen LogP contribution is -2.04. The molecule has 22 heavy (non-hydrogen) atoms. The number of nitro groups is 1. The molecule has 0 atom stereocenters. The Morgan fingerprint density at radius 3 is 1.82 bits per heavy atom. The van der Waals surface area contributed by atoms with Gasteiger partial charge < -0.3 is 5.73 Å². The van der Waals surface area contributed by atoms with Crippen LogP contribution in [0.3, 0.4) is 0 Å². The topological polar surface area (TPSA) is 178 Å². The van der Waals surface area contributed by atoms with Crippen molar-refractivity contribution in [1.82, 2.24) is 0 Å². The summed E-state index contributed by atoms with van der Waals surface area (Å²) in [5.74, 6) is 0. The van der Waals surface area contributed by atoms with E-state index in [1.165, 1.54) is 0 Å². The van der Waals surface area contributed by atoms with Gasteiger partial charge in [0.15, 0.2) is 0 Å². The first kappa shape index (κ1) is 16.1. The minimum Gasteiger partial charge on any atom is -0.398 e. The van der Waals surface area contributed by atoms with Crippen molar-refractivity contribution in [2.45, 2.75) is 9.79 Å². The van der Waals surface area contributed by atoms with Crippen LogP contribution in [0.2, 0.25) is 0 Å². The maximum absolute atomic E-state index is 11.2. The molecule has 118 valence electrons. The quantitative estimate of drug-likeness (QED) is 0.313. The Morgan fingerprint density at radius 2 is 1.41 bits per heavy atom. The third-order valence-corrected chi connectivity index (χ3v) is 4.46. The zero-order valence-corrected chi connectivity index (χ0v) is 12.1. The van der Waals surface area contributed by atoms with E-state index in [9.17, 15) is 26.9 Å². The average molecular weight is 348 g/mol. The molecule has 0 bridgehead atoms. The molecule has 0 aliphatic rings. The van der Waals surface area contributed by atoms with Gasteiger partial charge in [-0.3, -0.25) is 19.2 Å². The summed E-state index contributed by atoms with van der Waals surface area (Å²) in [7, 11) is -9.43. The lowest BCUT2D eigenvalue weighted by atomic mass is 10.1. The Balaban J connectivity index is 3.04. The van der Waals surface area contributed by atoms with Gasteiger partial charge in [-0.2, -0.15) is 16.8 Å². The SMILES string of the molecule is Nc1cc(S(=O)(=O)O)cc2cc(S(=O)(=O)O)cc([N+](=O)[O-])c12. The van der Waals surface area contributed by atoms with Gasteiger partial charge in [0, 0.05) is 11.8 Å². The maximum atomic E-state index is 11.2. The second-order valence-electron chi connectivity index (χ2n) is 4.26. The molecule has 12 heteroatoms. The van der Waals surface area contributed by atoms with E-state index in [1.807, 2.05) is 0 Å². The molecule has 0 aliphatic carbocycles. The van der Waals surface area contributed by atoms with Gasteiger partial charge in [0.25, 0.3) is 25.9 Å². The van der Waals surface area contributed by atoms with Gasteiger partial charge >= 0.3 is 0 Å². The Morgan fingerprint density at radius 1 is 0.955 bits per heavy atom. The Bertz CT molecular complexity index is 1010. The molecular weight excluding hydrogens is 340 g/mol. The molecule has 0 amide bonds. The third-order valence-electron chi connectivity index (χ3n) is 2.80. The fourth-order valence-electron chi connectivity index (χ4n) is 1.91. The monoisotopic (exact) mass is 348 g/mol. The number of nitrogens with two attached hydrogens (primary N) is 1. The molecule has 0 heterocycles. The highest BCUT2D eigenvalue weighted by molar-refractivity contribution is 7.86. The van der Waals surface area contributed by atoms with Gasteiger partial charge in [-0.05, 0) is 23.6 Å². The van der Waals surface area contributed by atoms with Crippen LogP contribution in [0.25, 0.3) is 10.8 Å². The van der Waals surface area contributed by atoms with Crippen LogP contribution in [-0.4, -0.2) is 30.9 Å². The van der Waals surface area contributed by atoms with Crippen molar-refractivity contribution >= 4 is 42.4 Å². The highest BCUT2D eigenvalue weighted by Crippen LogP contribution is 2.35. The number of nitrogen functional groups attached to an aromatic ring is 1. The fourth-order valence-corrected chi connectivity index (χ4v) is 3.00. The van der Waals surface area contributed by atoms with E-state index in [2.05, 4.69) is 0 Å². The predicted molar refractivity (Wildman–Crippen MR) is 74.6 cm³/mol. The summed E-state index contributed by atoms with van der Waals surface area (Å²) in [4.78, 5) is 8.63. The molecule has 0 aromatic heterocycles. The Labute approximate surface area is 123 Å². The van der Waals surface area contributed by atoms with E-state index in [0.717, 1.165) is 18.2 Å². The first-order chi connectivity index (χ1) is 9.91. The zero-order valence-electron chi connectivity index (χ0n) is 10.5. The number of fused-ring (bicyclic) bond motifs is 1. The predicted octanol–water partition coefficient (Wildman–Crippen LogP) is 0.824. The standard InChI is InChI=1S/C10H8N2O8S2/c11-8-3-6(21(15,16)17)1-5-2-7(22(18,19)20)4-9(10(5)8)12(13)14/h1-4H,11H2,(H,15,16,17)(H,18,19,20). The summed E-state index contributed by atoms with van der Waals surface area (Å²) in [6.07, 6.45) is 0. The normalized spacial score (nSPS) is 12.5. The summed E-state index contributed by atoms with van der Waals surface area (Å²) in [5, 5.41) is 10.6. The van der Waals surface area contributed by atoms with E-state index in [0.29, 0.717) is 6.07 Å². The van der Waals surface area contributed by atoms with Crippen LogP contribution in [0.15, 0.2) is 34.1 Å². The van der Waals surface area contributed by atoms with Gasteiger partial charge in [-0.1, -0.05) is 0 Å². The van der Waals surface area contributed by atoms with Gasteiger partial charge in [0.2, 0.25) is 0 Å². The number of benzene rings is 2. The van der Waals surface area contributed by atoms with Crippen molar-refractivity contribution in [1.29, 1.82) is 0 Å². The smallest absolute Gasteiger partial charge is 0.294 e. The number of hydrogen-bond acceptors (Lipinski definition) is 7. The van der Waals surface area contributed by atoms with Crippen molar-refractivity contribution in [3.63, 3.8) is 0 Å². The molecule has 0 aliphatic heterocycles. The van der Waals surface area contributed by atoms with Crippen molar-refractivity contribution in [2.75, 3.05) is 5.73 Å².